The molecular formula is C14H18N2O5. The van der Waals surface area contributed by atoms with Crippen LogP contribution in [0.2, 0.25) is 0 Å². The minimum Gasteiger partial charge on any atom is -0.495 e. The Morgan fingerprint density at radius 1 is 1.33 bits per heavy atom. The quantitative estimate of drug-likeness (QED) is 0.634. The van der Waals surface area contributed by atoms with Gasteiger partial charge in [0.1, 0.15) is 5.75 Å². The number of nitrogens with zero attached hydrogens (tertiary/aromatic N) is 1. The monoisotopic (exact) mass is 294 g/mol. The third-order valence-electron chi connectivity index (χ3n) is 3.16. The van der Waals surface area contributed by atoms with Crippen LogP contribution in [0.3, 0.4) is 0 Å². The van der Waals surface area contributed by atoms with Crippen molar-refractivity contribution >= 4 is 17.6 Å². The van der Waals surface area contributed by atoms with E-state index in [9.17, 15) is 9.59 Å². The number of methoxy groups -OCH3 is 1. The maximum absolute atomic E-state index is 11.9. The molecule has 7 nitrogen and oxygen atoms in total. The van der Waals surface area contributed by atoms with Crippen molar-refractivity contribution < 1.29 is 23.8 Å². The number of anilines is 1. The van der Waals surface area contributed by atoms with Gasteiger partial charge in [-0.3, -0.25) is 4.79 Å². The van der Waals surface area contributed by atoms with Gasteiger partial charge in [-0.15, -0.1) is 0 Å². The highest BCUT2D eigenvalue weighted by molar-refractivity contribution is 5.92. The van der Waals surface area contributed by atoms with E-state index in [0.717, 1.165) is 0 Å². The molecule has 1 aromatic rings. The summed E-state index contributed by atoms with van der Waals surface area (Å²) >= 11 is 0. The number of carbonyl (C=O) groups is 2. The molecule has 21 heavy (non-hydrogen) atoms. The zero-order valence-corrected chi connectivity index (χ0v) is 11.8. The Bertz CT molecular complexity index is 526. The summed E-state index contributed by atoms with van der Waals surface area (Å²) in [5.41, 5.74) is 6.39. The van der Waals surface area contributed by atoms with Crippen LogP contribution in [-0.4, -0.2) is 56.8 Å². The van der Waals surface area contributed by atoms with Crippen LogP contribution in [0, 0.1) is 0 Å². The van der Waals surface area contributed by atoms with Crippen molar-refractivity contribution in [3.05, 3.63) is 23.8 Å². The van der Waals surface area contributed by atoms with E-state index in [-0.39, 0.29) is 18.1 Å². The molecule has 1 aliphatic rings. The number of ether oxygens (including phenoxy) is 3. The highest BCUT2D eigenvalue weighted by atomic mass is 16.5. The summed E-state index contributed by atoms with van der Waals surface area (Å²) in [5.74, 6) is -0.423. The van der Waals surface area contributed by atoms with Gasteiger partial charge in [0.05, 0.1) is 31.6 Å². The Morgan fingerprint density at radius 3 is 2.71 bits per heavy atom. The van der Waals surface area contributed by atoms with Crippen molar-refractivity contribution in [1.29, 1.82) is 0 Å². The van der Waals surface area contributed by atoms with Gasteiger partial charge in [-0.2, -0.15) is 0 Å². The van der Waals surface area contributed by atoms with Gasteiger partial charge in [0.25, 0.3) is 5.91 Å². The molecule has 1 heterocycles. The van der Waals surface area contributed by atoms with E-state index in [2.05, 4.69) is 0 Å². The zero-order chi connectivity index (χ0) is 15.2. The first-order chi connectivity index (χ1) is 10.1. The summed E-state index contributed by atoms with van der Waals surface area (Å²) < 4.78 is 15.2. The molecule has 1 aliphatic heterocycles. The molecule has 2 N–H and O–H groups in total. The Kier molecular flexibility index (Phi) is 4.99. The molecular weight excluding hydrogens is 276 g/mol. The molecule has 0 saturated carbocycles. The first-order valence-electron chi connectivity index (χ1n) is 6.58. The average molecular weight is 294 g/mol. The Morgan fingerprint density at radius 2 is 2.05 bits per heavy atom. The number of nitrogens with two attached hydrogens (primary N) is 1. The fourth-order valence-electron chi connectivity index (χ4n) is 1.95. The molecule has 7 heteroatoms. The summed E-state index contributed by atoms with van der Waals surface area (Å²) in [6.45, 7) is 1.77. The normalized spacial score (nSPS) is 14.6. The van der Waals surface area contributed by atoms with E-state index >= 15 is 0 Å². The van der Waals surface area contributed by atoms with E-state index in [1.807, 2.05) is 0 Å². The molecule has 2 rings (SSSR count). The van der Waals surface area contributed by atoms with Crippen molar-refractivity contribution in [3.63, 3.8) is 0 Å². The summed E-state index contributed by atoms with van der Waals surface area (Å²) in [4.78, 5) is 25.4. The molecule has 1 amide bonds. The Balaban J connectivity index is 1.90. The highest BCUT2D eigenvalue weighted by Gasteiger charge is 2.19. The van der Waals surface area contributed by atoms with Gasteiger partial charge < -0.3 is 24.8 Å². The van der Waals surface area contributed by atoms with Gasteiger partial charge in [-0.25, -0.2) is 4.79 Å². The molecule has 1 fully saturated rings. The van der Waals surface area contributed by atoms with Crippen LogP contribution in [0.4, 0.5) is 5.69 Å². The lowest BCUT2D eigenvalue weighted by Crippen LogP contribution is -2.42. The van der Waals surface area contributed by atoms with Crippen molar-refractivity contribution in [3.8, 4) is 5.75 Å². The number of esters is 1. The number of rotatable bonds is 4. The summed E-state index contributed by atoms with van der Waals surface area (Å²) in [6.07, 6.45) is 0. The predicted molar refractivity (Wildman–Crippen MR) is 75.1 cm³/mol. The number of carbonyl (C=O) groups excluding carboxylic acids is 2. The summed E-state index contributed by atoms with van der Waals surface area (Å²) in [6, 6.07) is 4.56. The fourth-order valence-corrected chi connectivity index (χ4v) is 1.95. The van der Waals surface area contributed by atoms with Gasteiger partial charge in [0, 0.05) is 13.1 Å². The Hall–Kier alpha value is -2.28. The SMILES string of the molecule is COc1cc(C(=O)OCC(=O)N2CCOCC2)ccc1N. The fraction of sp³-hybridized carbons (Fsp3) is 0.429. The van der Waals surface area contributed by atoms with Gasteiger partial charge in [-0.05, 0) is 18.2 Å². The van der Waals surface area contributed by atoms with Gasteiger partial charge in [-0.1, -0.05) is 0 Å². The molecule has 0 radical (unpaired) electrons. The first-order valence-corrected chi connectivity index (χ1v) is 6.58. The van der Waals surface area contributed by atoms with Crippen molar-refractivity contribution in [2.75, 3.05) is 45.8 Å². The Labute approximate surface area is 122 Å². The average Bonchev–Trinajstić information content (AvgIpc) is 2.53. The molecule has 0 unspecified atom stereocenters. The van der Waals surface area contributed by atoms with Crippen LogP contribution in [0.25, 0.3) is 0 Å². The molecule has 0 spiro atoms. The zero-order valence-electron chi connectivity index (χ0n) is 11.8. The topological polar surface area (TPSA) is 91.1 Å². The van der Waals surface area contributed by atoms with E-state index in [1.54, 1.807) is 11.0 Å². The van der Waals surface area contributed by atoms with Crippen LogP contribution in [0.15, 0.2) is 18.2 Å². The second kappa shape index (κ2) is 6.94. The third kappa shape index (κ3) is 3.85. The molecule has 1 saturated heterocycles. The minimum atomic E-state index is -0.588. The number of nitrogen functional groups attached to an aromatic ring is 1. The van der Waals surface area contributed by atoms with Gasteiger partial charge in [0.2, 0.25) is 0 Å². The maximum Gasteiger partial charge on any atom is 0.338 e. The summed E-state index contributed by atoms with van der Waals surface area (Å²) in [7, 11) is 1.46. The van der Waals surface area contributed by atoms with Crippen molar-refractivity contribution in [2.45, 2.75) is 0 Å². The lowest BCUT2D eigenvalue weighted by Gasteiger charge is -2.26. The molecule has 0 atom stereocenters. The second-order valence-corrected chi connectivity index (χ2v) is 4.53. The minimum absolute atomic E-state index is 0.228. The highest BCUT2D eigenvalue weighted by Crippen LogP contribution is 2.22. The smallest absolute Gasteiger partial charge is 0.338 e. The number of benzene rings is 1. The van der Waals surface area contributed by atoms with Crippen LogP contribution < -0.4 is 10.5 Å². The lowest BCUT2D eigenvalue weighted by atomic mass is 10.2. The van der Waals surface area contributed by atoms with Crippen LogP contribution in [0.5, 0.6) is 5.75 Å². The predicted octanol–water partition coefficient (Wildman–Crippen LogP) is 0.293. The standard InChI is InChI=1S/C14H18N2O5/c1-19-12-8-10(2-3-11(12)15)14(18)21-9-13(17)16-4-6-20-7-5-16/h2-3,8H,4-7,9,15H2,1H3. The van der Waals surface area contributed by atoms with Gasteiger partial charge in [0.15, 0.2) is 6.61 Å². The number of amides is 1. The molecule has 0 bridgehead atoms. The van der Waals surface area contributed by atoms with Crippen LogP contribution >= 0.6 is 0 Å². The van der Waals surface area contributed by atoms with E-state index < -0.39 is 5.97 Å². The van der Waals surface area contributed by atoms with E-state index in [4.69, 9.17) is 19.9 Å². The van der Waals surface area contributed by atoms with Crippen LogP contribution in [-0.2, 0) is 14.3 Å². The molecule has 114 valence electrons. The van der Waals surface area contributed by atoms with Crippen LogP contribution in [0.1, 0.15) is 10.4 Å². The largest absolute Gasteiger partial charge is 0.495 e. The number of morpholine rings is 1. The lowest BCUT2D eigenvalue weighted by molar-refractivity contribution is -0.138. The number of hydrogen-bond donors (Lipinski definition) is 1. The van der Waals surface area contributed by atoms with Crippen molar-refractivity contribution in [2.24, 2.45) is 0 Å². The first kappa shape index (κ1) is 15.1. The van der Waals surface area contributed by atoms with Crippen molar-refractivity contribution in [1.82, 2.24) is 4.90 Å². The molecule has 1 aromatic carbocycles. The van der Waals surface area contributed by atoms with E-state index in [1.165, 1.54) is 19.2 Å². The van der Waals surface area contributed by atoms with Gasteiger partial charge >= 0.3 is 5.97 Å². The molecule has 0 aliphatic carbocycles. The maximum atomic E-state index is 11.9. The second-order valence-electron chi connectivity index (χ2n) is 4.53. The van der Waals surface area contributed by atoms with E-state index in [0.29, 0.717) is 37.7 Å². The third-order valence-corrected chi connectivity index (χ3v) is 3.16. The molecule has 0 aromatic heterocycles. The number of hydrogen-bond acceptors (Lipinski definition) is 6. The summed E-state index contributed by atoms with van der Waals surface area (Å²) in [5, 5.41) is 0.